The second kappa shape index (κ2) is 4.16. The van der Waals surface area contributed by atoms with E-state index in [-0.39, 0.29) is 5.97 Å². The molecule has 0 spiro atoms. The van der Waals surface area contributed by atoms with E-state index in [0.29, 0.717) is 12.5 Å². The number of hydrogen-bond donors (Lipinski definition) is 0. The smallest absolute Gasteiger partial charge is 0.330 e. The second-order valence-electron chi connectivity index (χ2n) is 4.45. The third-order valence-corrected chi connectivity index (χ3v) is 3.56. The monoisotopic (exact) mass is 194 g/mol. The highest BCUT2D eigenvalue weighted by atomic mass is 16.5. The molecule has 2 aliphatic rings. The van der Waals surface area contributed by atoms with E-state index < -0.39 is 0 Å². The van der Waals surface area contributed by atoms with Gasteiger partial charge in [-0.2, -0.15) is 0 Å². The Morgan fingerprint density at radius 1 is 1.43 bits per heavy atom. The van der Waals surface area contributed by atoms with E-state index in [1.54, 1.807) is 6.08 Å². The van der Waals surface area contributed by atoms with Crippen molar-refractivity contribution in [2.75, 3.05) is 6.61 Å². The van der Waals surface area contributed by atoms with Crippen LogP contribution in [0.2, 0.25) is 0 Å². The summed E-state index contributed by atoms with van der Waals surface area (Å²) in [6.07, 6.45) is 9.14. The largest absolute Gasteiger partial charge is 0.463 e. The van der Waals surface area contributed by atoms with Crippen LogP contribution in [0.4, 0.5) is 0 Å². The summed E-state index contributed by atoms with van der Waals surface area (Å²) in [7, 11) is 0. The predicted molar refractivity (Wildman–Crippen MR) is 54.7 cm³/mol. The summed E-state index contributed by atoms with van der Waals surface area (Å²) in [5.41, 5.74) is 0. The quantitative estimate of drug-likeness (QED) is 0.510. The Labute approximate surface area is 85.3 Å². The van der Waals surface area contributed by atoms with Crippen LogP contribution < -0.4 is 0 Å². The molecule has 14 heavy (non-hydrogen) atoms. The van der Waals surface area contributed by atoms with Crippen molar-refractivity contribution in [1.82, 2.24) is 0 Å². The first-order valence-electron chi connectivity index (χ1n) is 5.64. The van der Waals surface area contributed by atoms with Crippen LogP contribution >= 0.6 is 0 Å². The van der Waals surface area contributed by atoms with Crippen LogP contribution in [0.15, 0.2) is 12.2 Å². The van der Waals surface area contributed by atoms with Gasteiger partial charge in [0.2, 0.25) is 0 Å². The maximum atomic E-state index is 11.1. The zero-order valence-electron chi connectivity index (χ0n) is 8.74. The zero-order valence-corrected chi connectivity index (χ0v) is 8.74. The molecule has 78 valence electrons. The van der Waals surface area contributed by atoms with Gasteiger partial charge in [0.1, 0.15) is 0 Å². The number of carbonyl (C=O) groups is 1. The Balaban J connectivity index is 1.83. The van der Waals surface area contributed by atoms with Crippen LogP contribution in [0.1, 0.15) is 32.6 Å². The fraction of sp³-hybridized carbons (Fsp3) is 0.750. The molecule has 0 aliphatic heterocycles. The van der Waals surface area contributed by atoms with E-state index in [4.69, 9.17) is 4.74 Å². The van der Waals surface area contributed by atoms with E-state index in [0.717, 1.165) is 11.8 Å². The SMILES string of the molecule is CCOC(=O)/C=C/[C@H]1C[C@@H]2CC[C@H]1C2. The predicted octanol–water partition coefficient (Wildman–Crippen LogP) is 2.54. The number of allylic oxidation sites excluding steroid dienone is 1. The Morgan fingerprint density at radius 2 is 2.29 bits per heavy atom. The standard InChI is InChI=1S/C12H18O2/c1-2-14-12(13)6-5-11-8-9-3-4-10(11)7-9/h5-6,9-11H,2-4,7-8H2,1H3/b6-5+/t9-,10+,11+/m1/s1. The van der Waals surface area contributed by atoms with Crippen molar-refractivity contribution in [2.45, 2.75) is 32.6 Å². The molecule has 2 saturated carbocycles. The molecule has 2 nitrogen and oxygen atoms in total. The Hall–Kier alpha value is -0.790. The number of hydrogen-bond acceptors (Lipinski definition) is 2. The number of fused-ring (bicyclic) bond motifs is 2. The van der Waals surface area contributed by atoms with Crippen molar-refractivity contribution in [3.63, 3.8) is 0 Å². The van der Waals surface area contributed by atoms with Gasteiger partial charge in [0.15, 0.2) is 0 Å². The first-order chi connectivity index (χ1) is 6.79. The van der Waals surface area contributed by atoms with Crippen LogP contribution in [-0.2, 0) is 9.53 Å². The highest BCUT2D eigenvalue weighted by Gasteiger charge is 2.37. The topological polar surface area (TPSA) is 26.3 Å². The Bertz CT molecular complexity index is 245. The second-order valence-corrected chi connectivity index (χ2v) is 4.45. The molecule has 0 saturated heterocycles. The first-order valence-corrected chi connectivity index (χ1v) is 5.64. The van der Waals surface area contributed by atoms with Gasteiger partial charge in [0.05, 0.1) is 6.61 Å². The van der Waals surface area contributed by atoms with Gasteiger partial charge in [0.25, 0.3) is 0 Å². The van der Waals surface area contributed by atoms with Crippen LogP contribution in [0.25, 0.3) is 0 Å². The summed E-state index contributed by atoms with van der Waals surface area (Å²) in [4.78, 5) is 11.1. The van der Waals surface area contributed by atoms with Gasteiger partial charge >= 0.3 is 5.97 Å². The number of rotatable bonds is 3. The van der Waals surface area contributed by atoms with Gasteiger partial charge in [0, 0.05) is 6.08 Å². The summed E-state index contributed by atoms with van der Waals surface area (Å²) < 4.78 is 4.86. The fourth-order valence-electron chi connectivity index (χ4n) is 2.92. The van der Waals surface area contributed by atoms with Gasteiger partial charge in [-0.25, -0.2) is 4.79 Å². The molecule has 0 amide bonds. The Morgan fingerprint density at radius 3 is 2.86 bits per heavy atom. The van der Waals surface area contributed by atoms with Gasteiger partial charge in [-0.05, 0) is 43.9 Å². The van der Waals surface area contributed by atoms with Crippen LogP contribution in [-0.4, -0.2) is 12.6 Å². The minimum atomic E-state index is -0.185. The summed E-state index contributed by atoms with van der Waals surface area (Å²) in [6, 6.07) is 0. The molecule has 0 aromatic rings. The van der Waals surface area contributed by atoms with Gasteiger partial charge in [-0.3, -0.25) is 0 Å². The van der Waals surface area contributed by atoms with Crippen molar-refractivity contribution in [3.05, 3.63) is 12.2 Å². The maximum Gasteiger partial charge on any atom is 0.330 e. The number of ether oxygens (including phenoxy) is 1. The van der Waals surface area contributed by atoms with Crippen LogP contribution in [0.5, 0.6) is 0 Å². The minimum absolute atomic E-state index is 0.185. The number of carbonyl (C=O) groups excluding carboxylic acids is 1. The molecule has 0 aromatic carbocycles. The van der Waals surface area contributed by atoms with Gasteiger partial charge in [-0.1, -0.05) is 12.5 Å². The molecule has 0 heterocycles. The average Bonchev–Trinajstić information content (AvgIpc) is 2.76. The summed E-state index contributed by atoms with van der Waals surface area (Å²) in [5, 5.41) is 0. The van der Waals surface area contributed by atoms with Gasteiger partial charge < -0.3 is 4.74 Å². The van der Waals surface area contributed by atoms with E-state index in [1.807, 2.05) is 6.92 Å². The lowest BCUT2D eigenvalue weighted by Gasteiger charge is -2.17. The van der Waals surface area contributed by atoms with E-state index >= 15 is 0 Å². The summed E-state index contributed by atoms with van der Waals surface area (Å²) >= 11 is 0. The normalized spacial score (nSPS) is 35.4. The van der Waals surface area contributed by atoms with Crippen molar-refractivity contribution >= 4 is 5.97 Å². The number of esters is 1. The lowest BCUT2D eigenvalue weighted by molar-refractivity contribution is -0.137. The molecule has 2 rings (SSSR count). The summed E-state index contributed by atoms with van der Waals surface area (Å²) in [5.74, 6) is 2.26. The van der Waals surface area contributed by atoms with Crippen molar-refractivity contribution in [3.8, 4) is 0 Å². The highest BCUT2D eigenvalue weighted by Crippen LogP contribution is 2.48. The van der Waals surface area contributed by atoms with Crippen molar-refractivity contribution in [1.29, 1.82) is 0 Å². The fourth-order valence-corrected chi connectivity index (χ4v) is 2.92. The van der Waals surface area contributed by atoms with E-state index in [1.165, 1.54) is 25.7 Å². The molecule has 3 atom stereocenters. The molecule has 0 N–H and O–H groups in total. The molecule has 2 aliphatic carbocycles. The molecule has 0 unspecified atom stereocenters. The zero-order chi connectivity index (χ0) is 9.97. The lowest BCUT2D eigenvalue weighted by Crippen LogP contribution is -2.08. The molecular weight excluding hydrogens is 176 g/mol. The molecule has 2 fully saturated rings. The first kappa shape index (κ1) is 9.75. The average molecular weight is 194 g/mol. The highest BCUT2D eigenvalue weighted by molar-refractivity contribution is 5.81. The Kier molecular flexibility index (Phi) is 2.90. The molecule has 0 aromatic heterocycles. The van der Waals surface area contributed by atoms with Crippen LogP contribution in [0, 0.1) is 17.8 Å². The van der Waals surface area contributed by atoms with Gasteiger partial charge in [-0.15, -0.1) is 0 Å². The van der Waals surface area contributed by atoms with E-state index in [9.17, 15) is 4.79 Å². The van der Waals surface area contributed by atoms with Crippen LogP contribution in [0.3, 0.4) is 0 Å². The molecule has 2 bridgehead atoms. The summed E-state index contributed by atoms with van der Waals surface area (Å²) in [6.45, 7) is 2.31. The molecule has 0 radical (unpaired) electrons. The third kappa shape index (κ3) is 1.99. The molecular formula is C12H18O2. The third-order valence-electron chi connectivity index (χ3n) is 3.56. The maximum absolute atomic E-state index is 11.1. The van der Waals surface area contributed by atoms with E-state index in [2.05, 4.69) is 6.08 Å². The minimum Gasteiger partial charge on any atom is -0.463 e. The van der Waals surface area contributed by atoms with Crippen molar-refractivity contribution < 1.29 is 9.53 Å². The molecule has 2 heteroatoms. The van der Waals surface area contributed by atoms with Crippen molar-refractivity contribution in [2.24, 2.45) is 17.8 Å². The lowest BCUT2D eigenvalue weighted by atomic mass is 9.89.